The van der Waals surface area contributed by atoms with Gasteiger partial charge in [-0.2, -0.15) is 0 Å². The number of nitrogens with zero attached hydrogens (tertiary/aromatic N) is 2. The highest BCUT2D eigenvalue weighted by atomic mass is 32.1. The number of amides is 1. The summed E-state index contributed by atoms with van der Waals surface area (Å²) in [5, 5.41) is 10.8. The third-order valence-corrected chi connectivity index (χ3v) is 4.76. The van der Waals surface area contributed by atoms with E-state index >= 15 is 0 Å². The van der Waals surface area contributed by atoms with Gasteiger partial charge in [-0.25, -0.2) is 14.2 Å². The average molecular weight is 338 g/mol. The van der Waals surface area contributed by atoms with Crippen molar-refractivity contribution in [2.75, 3.05) is 13.1 Å². The second kappa shape index (κ2) is 5.77. The van der Waals surface area contributed by atoms with E-state index in [9.17, 15) is 14.0 Å². The van der Waals surface area contributed by atoms with Gasteiger partial charge in [0, 0.05) is 13.0 Å². The summed E-state index contributed by atoms with van der Waals surface area (Å²) in [6.07, 6.45) is -0.220. The molecule has 8 heteroatoms. The summed E-state index contributed by atoms with van der Waals surface area (Å²) in [6.45, 7) is 1.39. The Balaban J connectivity index is 1.71. The summed E-state index contributed by atoms with van der Waals surface area (Å²) in [7, 11) is 0. The first kappa shape index (κ1) is 15.7. The highest BCUT2D eigenvalue weighted by Gasteiger charge is 2.46. The van der Waals surface area contributed by atoms with Crippen LogP contribution >= 0.6 is 11.3 Å². The fourth-order valence-corrected chi connectivity index (χ4v) is 3.16. The molecule has 1 unspecified atom stereocenters. The number of hydrogen-bond donors (Lipinski definition) is 1. The summed E-state index contributed by atoms with van der Waals surface area (Å²) < 4.78 is 19.6. The minimum absolute atomic E-state index is 0.0313. The number of thiophene rings is 1. The second-order valence-electron chi connectivity index (χ2n) is 5.51. The van der Waals surface area contributed by atoms with Crippen LogP contribution in [0, 0.1) is 6.92 Å². The van der Waals surface area contributed by atoms with Crippen LogP contribution in [-0.2, 0) is 16.0 Å². The Labute approximate surface area is 135 Å². The molecule has 1 saturated heterocycles. The van der Waals surface area contributed by atoms with E-state index in [1.54, 1.807) is 6.92 Å². The number of aliphatic carboxylic acids is 1. The van der Waals surface area contributed by atoms with Crippen molar-refractivity contribution in [1.29, 1.82) is 0 Å². The number of halogens is 1. The van der Waals surface area contributed by atoms with Crippen molar-refractivity contribution in [3.8, 4) is 10.8 Å². The number of hydrogen-bond acceptors (Lipinski definition) is 5. The van der Waals surface area contributed by atoms with Crippen LogP contribution in [-0.4, -0.2) is 45.6 Å². The molecular weight excluding hydrogens is 323 g/mol. The van der Waals surface area contributed by atoms with E-state index in [1.165, 1.54) is 16.2 Å². The van der Waals surface area contributed by atoms with E-state index in [0.717, 1.165) is 4.88 Å². The number of carbonyl (C=O) groups excluding carboxylic acids is 1. The van der Waals surface area contributed by atoms with Gasteiger partial charge in [0.25, 0.3) is 0 Å². The number of aryl methyl sites for hydroxylation is 1. The molecular formula is C15H15FN2O4S. The summed E-state index contributed by atoms with van der Waals surface area (Å²) in [6, 6.07) is 3.74. The molecule has 1 aliphatic heterocycles. The first-order chi connectivity index (χ1) is 10.9. The van der Waals surface area contributed by atoms with Crippen molar-refractivity contribution < 1.29 is 23.5 Å². The molecule has 1 N–H and O–H groups in total. The summed E-state index contributed by atoms with van der Waals surface area (Å²) >= 11 is 1.48. The first-order valence-corrected chi connectivity index (χ1v) is 7.97. The zero-order chi connectivity index (χ0) is 16.6. The molecule has 0 saturated carbocycles. The Bertz CT molecular complexity index is 743. The first-order valence-electron chi connectivity index (χ1n) is 7.09. The molecule has 6 nitrogen and oxygen atoms in total. The predicted octanol–water partition coefficient (Wildman–Crippen LogP) is 2.28. The van der Waals surface area contributed by atoms with Gasteiger partial charge < -0.3 is 14.4 Å². The molecule has 23 heavy (non-hydrogen) atoms. The minimum atomic E-state index is -2.35. The van der Waals surface area contributed by atoms with Gasteiger partial charge in [-0.15, -0.1) is 11.3 Å². The lowest BCUT2D eigenvalue weighted by molar-refractivity contribution is -0.150. The lowest BCUT2D eigenvalue weighted by atomic mass is 10.1. The third-order valence-electron chi connectivity index (χ3n) is 3.90. The monoisotopic (exact) mass is 338 g/mol. The van der Waals surface area contributed by atoms with E-state index in [1.807, 2.05) is 17.5 Å². The number of alkyl halides is 1. The van der Waals surface area contributed by atoms with Crippen LogP contribution in [0.5, 0.6) is 0 Å². The van der Waals surface area contributed by atoms with E-state index in [2.05, 4.69) is 4.98 Å². The van der Waals surface area contributed by atoms with Gasteiger partial charge in [0.2, 0.25) is 17.5 Å². The van der Waals surface area contributed by atoms with E-state index in [0.29, 0.717) is 17.3 Å². The molecule has 1 aliphatic rings. The van der Waals surface area contributed by atoms with Crippen LogP contribution in [0.4, 0.5) is 4.39 Å². The number of carboxylic acid groups (broad SMARTS) is 1. The van der Waals surface area contributed by atoms with Gasteiger partial charge in [-0.3, -0.25) is 4.79 Å². The van der Waals surface area contributed by atoms with Gasteiger partial charge in [0.15, 0.2) is 0 Å². The Morgan fingerprint density at radius 2 is 2.35 bits per heavy atom. The molecule has 3 rings (SSSR count). The maximum absolute atomic E-state index is 14.0. The Morgan fingerprint density at radius 1 is 1.57 bits per heavy atom. The van der Waals surface area contributed by atoms with Crippen LogP contribution < -0.4 is 0 Å². The highest BCUT2D eigenvalue weighted by molar-refractivity contribution is 7.13. The number of carboxylic acids is 1. The molecule has 3 heterocycles. The zero-order valence-electron chi connectivity index (χ0n) is 12.4. The van der Waals surface area contributed by atoms with Crippen LogP contribution in [0.25, 0.3) is 10.8 Å². The smallest absolute Gasteiger partial charge is 0.343 e. The quantitative estimate of drug-likeness (QED) is 0.924. The summed E-state index contributed by atoms with van der Waals surface area (Å²) in [5.41, 5.74) is -1.86. The Morgan fingerprint density at radius 3 is 2.96 bits per heavy atom. The number of likely N-dealkylation sites (tertiary alicyclic amines) is 1. The molecule has 1 amide bonds. The molecule has 122 valence electrons. The van der Waals surface area contributed by atoms with Crippen molar-refractivity contribution in [3.63, 3.8) is 0 Å². The van der Waals surface area contributed by atoms with Gasteiger partial charge in [0.05, 0.1) is 23.5 Å². The second-order valence-corrected chi connectivity index (χ2v) is 6.46. The SMILES string of the molecule is Cc1oc(-c2cccs2)nc1CC(=O)N1CCC(F)(C(=O)O)C1. The number of rotatable bonds is 4. The topological polar surface area (TPSA) is 83.6 Å². The van der Waals surface area contributed by atoms with Crippen LogP contribution in [0.15, 0.2) is 21.9 Å². The number of carbonyl (C=O) groups is 2. The van der Waals surface area contributed by atoms with E-state index < -0.39 is 18.2 Å². The normalized spacial score (nSPS) is 20.9. The molecule has 0 aromatic carbocycles. The molecule has 1 atom stereocenters. The number of oxazole rings is 1. The average Bonchev–Trinajstić information content (AvgIpc) is 3.20. The molecule has 1 fully saturated rings. The minimum Gasteiger partial charge on any atom is -0.479 e. The molecule has 0 bridgehead atoms. The summed E-state index contributed by atoms with van der Waals surface area (Å²) in [5.74, 6) is -0.886. The lowest BCUT2D eigenvalue weighted by Crippen LogP contribution is -2.39. The standard InChI is InChI=1S/C15H15FN2O4S/c1-9-10(17-13(22-9)11-3-2-6-23-11)7-12(19)18-5-4-15(16,8-18)14(20)21/h2-3,6H,4-5,7-8H2,1H3,(H,20,21). The van der Waals surface area contributed by atoms with Crippen molar-refractivity contribution in [2.45, 2.75) is 25.4 Å². The fourth-order valence-electron chi connectivity index (χ4n) is 2.51. The fraction of sp³-hybridized carbons (Fsp3) is 0.400. The predicted molar refractivity (Wildman–Crippen MR) is 80.9 cm³/mol. The largest absolute Gasteiger partial charge is 0.479 e. The van der Waals surface area contributed by atoms with E-state index in [-0.39, 0.29) is 25.3 Å². The number of aromatic nitrogens is 1. The maximum Gasteiger partial charge on any atom is 0.343 e. The van der Waals surface area contributed by atoms with E-state index in [4.69, 9.17) is 9.52 Å². The molecule has 2 aromatic rings. The van der Waals surface area contributed by atoms with Crippen molar-refractivity contribution in [2.24, 2.45) is 0 Å². The zero-order valence-corrected chi connectivity index (χ0v) is 13.2. The van der Waals surface area contributed by atoms with Crippen molar-refractivity contribution >= 4 is 23.2 Å². The Hall–Kier alpha value is -2.22. The van der Waals surface area contributed by atoms with Crippen LogP contribution in [0.3, 0.4) is 0 Å². The van der Waals surface area contributed by atoms with Gasteiger partial charge in [-0.1, -0.05) is 6.07 Å². The van der Waals surface area contributed by atoms with Gasteiger partial charge >= 0.3 is 5.97 Å². The lowest BCUT2D eigenvalue weighted by Gasteiger charge is -2.17. The maximum atomic E-state index is 14.0. The molecule has 0 spiro atoms. The molecule has 0 radical (unpaired) electrons. The molecule has 0 aliphatic carbocycles. The van der Waals surface area contributed by atoms with Crippen molar-refractivity contribution in [1.82, 2.24) is 9.88 Å². The third kappa shape index (κ3) is 2.98. The Kier molecular flexibility index (Phi) is 3.93. The summed E-state index contributed by atoms with van der Waals surface area (Å²) in [4.78, 5) is 29.6. The molecule has 2 aromatic heterocycles. The van der Waals surface area contributed by atoms with Gasteiger partial charge in [0.1, 0.15) is 5.76 Å². The van der Waals surface area contributed by atoms with Crippen LogP contribution in [0.1, 0.15) is 17.9 Å². The highest BCUT2D eigenvalue weighted by Crippen LogP contribution is 2.28. The van der Waals surface area contributed by atoms with Crippen molar-refractivity contribution in [3.05, 3.63) is 29.0 Å². The van der Waals surface area contributed by atoms with Crippen LogP contribution in [0.2, 0.25) is 0 Å². The van der Waals surface area contributed by atoms with Gasteiger partial charge in [-0.05, 0) is 18.4 Å².